The summed E-state index contributed by atoms with van der Waals surface area (Å²) in [7, 11) is 0. The summed E-state index contributed by atoms with van der Waals surface area (Å²) in [5.74, 6) is -3.25. The quantitative estimate of drug-likeness (QED) is 0.321. The molecule has 188 valence electrons. The van der Waals surface area contributed by atoms with E-state index in [1.165, 1.54) is 12.1 Å². The van der Waals surface area contributed by atoms with Crippen LogP contribution in [0.25, 0.3) is 22.5 Å². The number of hydrogen-bond acceptors (Lipinski definition) is 5. The van der Waals surface area contributed by atoms with Crippen LogP contribution in [0.15, 0.2) is 42.5 Å². The number of carboxylic acid groups (broad SMARTS) is 1. The van der Waals surface area contributed by atoms with E-state index in [4.69, 9.17) is 0 Å². The second-order valence-electron chi connectivity index (χ2n) is 8.57. The molecule has 3 aromatic rings. The molecule has 1 aromatic heterocycles. The van der Waals surface area contributed by atoms with E-state index in [1.807, 2.05) is 19.9 Å². The summed E-state index contributed by atoms with van der Waals surface area (Å²) in [6, 6.07) is 10.3. The zero-order chi connectivity index (χ0) is 25.9. The van der Waals surface area contributed by atoms with Gasteiger partial charge in [0.1, 0.15) is 5.82 Å². The summed E-state index contributed by atoms with van der Waals surface area (Å²) >= 11 is 0. The Hall–Kier alpha value is -2.24. The number of aliphatic carboxylic acids is 1. The molecule has 0 spiro atoms. The second kappa shape index (κ2) is 12.3. The third kappa shape index (κ3) is 7.63. The Kier molecular flexibility index (Phi) is 10.3. The Balaban J connectivity index is 0.00000456. The van der Waals surface area contributed by atoms with E-state index in [0.29, 0.717) is 11.1 Å². The number of carbonyl (C=O) groups excluding carboxylic acids is 1. The van der Waals surface area contributed by atoms with Gasteiger partial charge < -0.3 is 24.7 Å². The van der Waals surface area contributed by atoms with Crippen LogP contribution >= 0.6 is 0 Å². The summed E-state index contributed by atoms with van der Waals surface area (Å²) in [5, 5.41) is 30.6. The van der Waals surface area contributed by atoms with E-state index < -0.39 is 42.4 Å². The maximum Gasteiger partial charge on any atom is 1.00 e. The van der Waals surface area contributed by atoms with E-state index in [2.05, 4.69) is 4.98 Å². The van der Waals surface area contributed by atoms with Crippen molar-refractivity contribution < 1.29 is 67.2 Å². The van der Waals surface area contributed by atoms with Crippen molar-refractivity contribution in [3.05, 3.63) is 65.2 Å². The minimum absolute atomic E-state index is 0. The Labute approximate surface area is 227 Å². The molecule has 0 unspecified atom stereocenters. The van der Waals surface area contributed by atoms with Crippen molar-refractivity contribution in [2.75, 3.05) is 0 Å². The number of nitrogens with zero attached hydrogens (tertiary/aromatic N) is 2. The topological polar surface area (TPSA) is 98.4 Å². The molecule has 0 aliphatic rings. The van der Waals surface area contributed by atoms with E-state index >= 15 is 0 Å². The van der Waals surface area contributed by atoms with Gasteiger partial charge in [0.15, 0.2) is 0 Å². The molecule has 0 aliphatic heterocycles. The SMILES string of the molecule is Cc1cc(C)cc(-c2nc(C(F)(F)F)n(CC[C@@H](O)C[C@@H](O)CC(=O)[O-])c2-c2ccc(F)cc2)c1.[Na+]. The van der Waals surface area contributed by atoms with Crippen molar-refractivity contribution in [3.63, 3.8) is 0 Å². The van der Waals surface area contributed by atoms with Crippen LogP contribution in [0.3, 0.4) is 0 Å². The average Bonchev–Trinajstić information content (AvgIpc) is 3.11. The number of rotatable bonds is 9. The van der Waals surface area contributed by atoms with E-state index in [9.17, 15) is 37.7 Å². The molecule has 0 aliphatic carbocycles. The minimum Gasteiger partial charge on any atom is -0.550 e. The third-order valence-corrected chi connectivity index (χ3v) is 5.47. The molecule has 36 heavy (non-hydrogen) atoms. The molecule has 0 saturated carbocycles. The van der Waals surface area contributed by atoms with Crippen LogP contribution < -0.4 is 34.7 Å². The van der Waals surface area contributed by atoms with Gasteiger partial charge in [0.25, 0.3) is 0 Å². The van der Waals surface area contributed by atoms with Crippen LogP contribution in [0.1, 0.15) is 36.2 Å². The Morgan fingerprint density at radius 3 is 2.14 bits per heavy atom. The average molecular weight is 516 g/mol. The van der Waals surface area contributed by atoms with Crippen molar-refractivity contribution in [1.29, 1.82) is 0 Å². The molecule has 1 heterocycles. The van der Waals surface area contributed by atoms with Crippen molar-refractivity contribution >= 4 is 5.97 Å². The first-order valence-electron chi connectivity index (χ1n) is 10.9. The molecule has 2 aromatic carbocycles. The molecule has 2 atom stereocenters. The maximum absolute atomic E-state index is 14.1. The zero-order valence-corrected chi connectivity index (χ0v) is 22.1. The fraction of sp³-hybridized carbons (Fsp3) is 0.360. The molecule has 2 N–H and O–H groups in total. The fourth-order valence-electron chi connectivity index (χ4n) is 4.09. The van der Waals surface area contributed by atoms with Crippen LogP contribution in [-0.4, -0.2) is 37.9 Å². The first-order valence-corrected chi connectivity index (χ1v) is 10.9. The molecule has 6 nitrogen and oxygen atoms in total. The molecule has 11 heteroatoms. The van der Waals surface area contributed by atoms with Crippen molar-refractivity contribution in [2.24, 2.45) is 0 Å². The van der Waals surface area contributed by atoms with Crippen LogP contribution in [0, 0.1) is 19.7 Å². The van der Waals surface area contributed by atoms with Crippen molar-refractivity contribution in [2.45, 2.75) is 58.0 Å². The minimum atomic E-state index is -4.83. The smallest absolute Gasteiger partial charge is 0.550 e. The largest absolute Gasteiger partial charge is 1.00 e. The number of imidazole rings is 1. The molecule has 0 bridgehead atoms. The molecule has 0 amide bonds. The Bertz CT molecular complexity index is 1180. The number of benzene rings is 2. The molecular formula is C25H25F4N2NaO4. The number of aliphatic hydroxyl groups excluding tert-OH is 2. The fourth-order valence-corrected chi connectivity index (χ4v) is 4.09. The van der Waals surface area contributed by atoms with Gasteiger partial charge in [0, 0.05) is 30.1 Å². The number of carbonyl (C=O) groups is 1. The summed E-state index contributed by atoms with van der Waals surface area (Å²) in [4.78, 5) is 14.6. The first-order chi connectivity index (χ1) is 16.3. The monoisotopic (exact) mass is 516 g/mol. The number of hydrogen-bond donors (Lipinski definition) is 2. The van der Waals surface area contributed by atoms with Crippen molar-refractivity contribution in [1.82, 2.24) is 9.55 Å². The van der Waals surface area contributed by atoms with Gasteiger partial charge in [-0.25, -0.2) is 9.37 Å². The molecule has 3 rings (SSSR count). The zero-order valence-electron chi connectivity index (χ0n) is 20.1. The number of aliphatic hydroxyl groups is 2. The van der Waals surface area contributed by atoms with Gasteiger partial charge in [-0.3, -0.25) is 0 Å². The summed E-state index contributed by atoms with van der Waals surface area (Å²) in [6.07, 6.45) is -8.77. The number of aromatic nitrogens is 2. The van der Waals surface area contributed by atoms with E-state index in [1.54, 1.807) is 12.1 Å². The summed E-state index contributed by atoms with van der Waals surface area (Å²) in [5.41, 5.74) is 2.56. The van der Waals surface area contributed by atoms with Gasteiger partial charge in [0.2, 0.25) is 5.82 Å². The predicted molar refractivity (Wildman–Crippen MR) is 118 cm³/mol. The molecule has 0 fully saturated rings. The molecular weight excluding hydrogens is 491 g/mol. The van der Waals surface area contributed by atoms with Crippen LogP contribution in [0.5, 0.6) is 0 Å². The summed E-state index contributed by atoms with van der Waals surface area (Å²) < 4.78 is 56.7. The summed E-state index contributed by atoms with van der Waals surface area (Å²) in [6.45, 7) is 3.28. The van der Waals surface area contributed by atoms with Gasteiger partial charge in [0.05, 0.1) is 23.6 Å². The predicted octanol–water partition coefficient (Wildman–Crippen LogP) is 0.638. The second-order valence-corrected chi connectivity index (χ2v) is 8.57. The molecule has 0 radical (unpaired) electrons. The van der Waals surface area contributed by atoms with Gasteiger partial charge in [-0.15, -0.1) is 0 Å². The molecule has 0 saturated heterocycles. The van der Waals surface area contributed by atoms with Gasteiger partial charge in [-0.1, -0.05) is 17.2 Å². The van der Waals surface area contributed by atoms with E-state index in [0.717, 1.165) is 27.8 Å². The number of alkyl halides is 3. The number of aryl methyl sites for hydroxylation is 2. The number of carboxylic acids is 1. The Morgan fingerprint density at radius 2 is 1.61 bits per heavy atom. The first kappa shape index (κ1) is 30.0. The van der Waals surface area contributed by atoms with Crippen molar-refractivity contribution in [3.8, 4) is 22.5 Å². The van der Waals surface area contributed by atoms with Crippen LogP contribution in [0.2, 0.25) is 0 Å². The van der Waals surface area contributed by atoms with Gasteiger partial charge in [-0.2, -0.15) is 13.2 Å². The van der Waals surface area contributed by atoms with Gasteiger partial charge in [-0.05, 0) is 63.1 Å². The van der Waals surface area contributed by atoms with Crippen LogP contribution in [-0.2, 0) is 17.5 Å². The van der Waals surface area contributed by atoms with E-state index in [-0.39, 0.29) is 60.3 Å². The third-order valence-electron chi connectivity index (χ3n) is 5.47. The maximum atomic E-state index is 14.1. The van der Waals surface area contributed by atoms with Gasteiger partial charge >= 0.3 is 35.7 Å². The normalized spacial score (nSPS) is 13.2. The number of halogens is 4. The van der Waals surface area contributed by atoms with Crippen LogP contribution in [0.4, 0.5) is 17.6 Å². The standard InChI is InChI=1S/C25H26F4N2O4.Na/c1-14-9-15(2)11-17(10-14)22-23(16-3-5-18(26)6-4-16)31(24(30-22)25(27,28)29)8-7-19(32)12-20(33)13-21(34)35;/h3-6,9-11,19-20,32-33H,7-8,12-13H2,1-2H3,(H,34,35);/q;+1/p-1/t19-,20-;/m1./s1. The Morgan fingerprint density at radius 1 is 1.03 bits per heavy atom.